The second-order valence-corrected chi connectivity index (χ2v) is 5.89. The van der Waals surface area contributed by atoms with Gasteiger partial charge in [0.2, 0.25) is 11.7 Å². The highest BCUT2D eigenvalue weighted by Gasteiger charge is 2.36. The van der Waals surface area contributed by atoms with Crippen LogP contribution in [0.25, 0.3) is 11.4 Å². The van der Waals surface area contributed by atoms with Gasteiger partial charge >= 0.3 is 5.97 Å². The van der Waals surface area contributed by atoms with E-state index in [-0.39, 0.29) is 11.9 Å². The molecule has 1 aliphatic carbocycles. The fraction of sp³-hybridized carbons (Fsp3) is 0.438. The van der Waals surface area contributed by atoms with E-state index in [1.807, 2.05) is 4.90 Å². The normalized spacial score (nSPS) is 15.8. The van der Waals surface area contributed by atoms with Crippen LogP contribution in [0.5, 0.6) is 0 Å². The van der Waals surface area contributed by atoms with E-state index in [0.29, 0.717) is 29.4 Å². The highest BCUT2D eigenvalue weighted by molar-refractivity contribution is 5.73. The van der Waals surface area contributed by atoms with Gasteiger partial charge in [0.15, 0.2) is 0 Å². The second kappa shape index (κ2) is 6.08. The molecule has 1 aliphatic rings. The van der Waals surface area contributed by atoms with E-state index < -0.39 is 12.0 Å². The Morgan fingerprint density at radius 2 is 2.26 bits per heavy atom. The molecule has 1 heterocycles. The number of hydrogen-bond donors (Lipinski definition) is 1. The maximum atomic E-state index is 13.3. The predicted octanol–water partition coefficient (Wildman–Crippen LogP) is 2.62. The van der Waals surface area contributed by atoms with Crippen molar-refractivity contribution in [2.24, 2.45) is 0 Å². The Bertz CT molecular complexity index is 727. The van der Waals surface area contributed by atoms with E-state index in [1.165, 1.54) is 6.07 Å². The van der Waals surface area contributed by atoms with Crippen LogP contribution in [0.3, 0.4) is 0 Å². The third-order valence-electron chi connectivity index (χ3n) is 4.07. The molecule has 23 heavy (non-hydrogen) atoms. The van der Waals surface area contributed by atoms with Gasteiger partial charge < -0.3 is 9.63 Å². The number of carboxylic acids is 1. The van der Waals surface area contributed by atoms with Gasteiger partial charge in [0.05, 0.1) is 6.54 Å². The molecule has 1 N–H and O–H groups in total. The van der Waals surface area contributed by atoms with Gasteiger partial charge in [-0.3, -0.25) is 9.69 Å². The van der Waals surface area contributed by atoms with Gasteiger partial charge in [-0.15, -0.1) is 0 Å². The highest BCUT2D eigenvalue weighted by atomic mass is 19.1. The molecular weight excluding hydrogens is 301 g/mol. The Hall–Kier alpha value is -2.28. The van der Waals surface area contributed by atoms with Gasteiger partial charge in [-0.1, -0.05) is 5.16 Å². The lowest BCUT2D eigenvalue weighted by molar-refractivity contribution is -0.143. The van der Waals surface area contributed by atoms with Crippen molar-refractivity contribution < 1.29 is 18.8 Å². The summed E-state index contributed by atoms with van der Waals surface area (Å²) in [6.07, 6.45) is 1.96. The van der Waals surface area contributed by atoms with Crippen molar-refractivity contribution in [1.29, 1.82) is 0 Å². The van der Waals surface area contributed by atoms with Gasteiger partial charge in [0.1, 0.15) is 11.9 Å². The molecule has 3 rings (SSSR count). The molecule has 122 valence electrons. The van der Waals surface area contributed by atoms with E-state index >= 15 is 0 Å². The van der Waals surface area contributed by atoms with Crippen molar-refractivity contribution in [1.82, 2.24) is 15.0 Å². The van der Waals surface area contributed by atoms with Crippen molar-refractivity contribution >= 4 is 5.97 Å². The van der Waals surface area contributed by atoms with Gasteiger partial charge in [-0.25, -0.2) is 4.39 Å². The second-order valence-electron chi connectivity index (χ2n) is 5.89. The highest BCUT2D eigenvalue weighted by Crippen LogP contribution is 2.30. The average Bonchev–Trinajstić information content (AvgIpc) is 3.25. The molecule has 1 aromatic carbocycles. The summed E-state index contributed by atoms with van der Waals surface area (Å²) in [5.41, 5.74) is 1.18. The van der Waals surface area contributed by atoms with Crippen LogP contribution >= 0.6 is 0 Å². The van der Waals surface area contributed by atoms with Crippen molar-refractivity contribution in [2.45, 2.75) is 45.3 Å². The molecule has 2 aromatic rings. The first-order valence-corrected chi connectivity index (χ1v) is 7.53. The smallest absolute Gasteiger partial charge is 0.320 e. The number of carboxylic acid groups (broad SMARTS) is 1. The lowest BCUT2D eigenvalue weighted by Gasteiger charge is -2.24. The third kappa shape index (κ3) is 3.39. The first-order chi connectivity index (χ1) is 11.0. The van der Waals surface area contributed by atoms with Gasteiger partial charge in [-0.2, -0.15) is 4.98 Å². The first kappa shape index (κ1) is 15.6. The Labute approximate surface area is 132 Å². The SMILES string of the molecule is Cc1cc(-c2noc(CN(C3CC3)C(C)C(=O)O)n2)ccc1F. The summed E-state index contributed by atoms with van der Waals surface area (Å²) < 4.78 is 18.6. The fourth-order valence-corrected chi connectivity index (χ4v) is 2.51. The van der Waals surface area contributed by atoms with E-state index in [0.717, 1.165) is 12.8 Å². The standard InChI is InChI=1S/C16H18FN3O3/c1-9-7-11(3-6-13(9)17)15-18-14(23-19-15)8-20(12-4-5-12)10(2)16(21)22/h3,6-7,10,12H,4-5,8H2,1-2H3,(H,21,22). The molecule has 0 bridgehead atoms. The maximum Gasteiger partial charge on any atom is 0.320 e. The Balaban J connectivity index is 1.78. The van der Waals surface area contributed by atoms with E-state index in [4.69, 9.17) is 4.52 Å². The minimum absolute atomic E-state index is 0.254. The van der Waals surface area contributed by atoms with Crippen LogP contribution in [-0.4, -0.2) is 38.2 Å². The molecule has 1 saturated carbocycles. The number of halogens is 1. The maximum absolute atomic E-state index is 13.3. The summed E-state index contributed by atoms with van der Waals surface area (Å²) in [5.74, 6) is -0.415. The minimum atomic E-state index is -0.870. The summed E-state index contributed by atoms with van der Waals surface area (Å²) in [4.78, 5) is 17.4. The molecule has 1 atom stereocenters. The van der Waals surface area contributed by atoms with Crippen LogP contribution in [0.15, 0.2) is 22.7 Å². The topological polar surface area (TPSA) is 79.5 Å². The zero-order chi connectivity index (χ0) is 16.6. The van der Waals surface area contributed by atoms with Crippen LogP contribution in [0.1, 0.15) is 31.2 Å². The summed E-state index contributed by atoms with van der Waals surface area (Å²) in [5, 5.41) is 13.1. The van der Waals surface area contributed by atoms with Crippen LogP contribution in [-0.2, 0) is 11.3 Å². The minimum Gasteiger partial charge on any atom is -0.480 e. The van der Waals surface area contributed by atoms with Crippen molar-refractivity contribution in [2.75, 3.05) is 0 Å². The van der Waals surface area contributed by atoms with Gasteiger partial charge in [-0.05, 0) is 50.5 Å². The summed E-state index contributed by atoms with van der Waals surface area (Å²) >= 11 is 0. The van der Waals surface area contributed by atoms with Crippen LogP contribution in [0, 0.1) is 12.7 Å². The molecule has 1 fully saturated rings. The predicted molar refractivity (Wildman–Crippen MR) is 80.1 cm³/mol. The molecule has 6 nitrogen and oxygen atoms in total. The molecule has 0 saturated heterocycles. The fourth-order valence-electron chi connectivity index (χ4n) is 2.51. The summed E-state index contributed by atoms with van der Waals surface area (Å²) in [6.45, 7) is 3.62. The number of aliphatic carboxylic acids is 1. The zero-order valence-electron chi connectivity index (χ0n) is 13.0. The molecule has 1 unspecified atom stereocenters. The largest absolute Gasteiger partial charge is 0.480 e. The molecule has 0 spiro atoms. The number of carbonyl (C=O) groups is 1. The van der Waals surface area contributed by atoms with Crippen LogP contribution < -0.4 is 0 Å². The number of hydrogen-bond acceptors (Lipinski definition) is 5. The van der Waals surface area contributed by atoms with Crippen LogP contribution in [0.4, 0.5) is 4.39 Å². The third-order valence-corrected chi connectivity index (χ3v) is 4.07. The Kier molecular flexibility index (Phi) is 4.12. The monoisotopic (exact) mass is 319 g/mol. The lowest BCUT2D eigenvalue weighted by Crippen LogP contribution is -2.40. The molecule has 1 aromatic heterocycles. The van der Waals surface area contributed by atoms with Crippen LogP contribution in [0.2, 0.25) is 0 Å². The zero-order valence-corrected chi connectivity index (χ0v) is 13.0. The molecule has 7 heteroatoms. The number of rotatable bonds is 6. The first-order valence-electron chi connectivity index (χ1n) is 7.53. The van der Waals surface area contributed by atoms with Crippen molar-refractivity contribution in [3.05, 3.63) is 35.5 Å². The molecule has 0 aliphatic heterocycles. The number of aromatic nitrogens is 2. The molecular formula is C16H18FN3O3. The Morgan fingerprint density at radius 1 is 1.52 bits per heavy atom. The van der Waals surface area contributed by atoms with Crippen molar-refractivity contribution in [3.63, 3.8) is 0 Å². The van der Waals surface area contributed by atoms with E-state index in [9.17, 15) is 14.3 Å². The van der Waals surface area contributed by atoms with E-state index in [2.05, 4.69) is 10.1 Å². The van der Waals surface area contributed by atoms with E-state index in [1.54, 1.807) is 26.0 Å². The molecule has 0 radical (unpaired) electrons. The van der Waals surface area contributed by atoms with Crippen molar-refractivity contribution in [3.8, 4) is 11.4 Å². The quantitative estimate of drug-likeness (QED) is 0.881. The summed E-state index contributed by atoms with van der Waals surface area (Å²) in [6, 6.07) is 4.26. The lowest BCUT2D eigenvalue weighted by atomic mass is 10.1. The number of benzene rings is 1. The Morgan fingerprint density at radius 3 is 2.87 bits per heavy atom. The summed E-state index contributed by atoms with van der Waals surface area (Å²) in [7, 11) is 0. The number of nitrogens with zero attached hydrogens (tertiary/aromatic N) is 3. The van der Waals surface area contributed by atoms with Gasteiger partial charge in [0.25, 0.3) is 0 Å². The average molecular weight is 319 g/mol. The number of aryl methyl sites for hydroxylation is 1. The molecule has 0 amide bonds. The van der Waals surface area contributed by atoms with Gasteiger partial charge in [0, 0.05) is 11.6 Å².